The van der Waals surface area contributed by atoms with E-state index in [1.54, 1.807) is 0 Å². The Morgan fingerprint density at radius 1 is 1.28 bits per heavy atom. The minimum Gasteiger partial charge on any atom is -0.355 e. The van der Waals surface area contributed by atoms with E-state index >= 15 is 0 Å². The third kappa shape index (κ3) is 2.41. The molecule has 1 amide bonds. The summed E-state index contributed by atoms with van der Waals surface area (Å²) >= 11 is 0. The lowest BCUT2D eigenvalue weighted by Crippen LogP contribution is -2.43. The summed E-state index contributed by atoms with van der Waals surface area (Å²) in [5.41, 5.74) is 1.58. The van der Waals surface area contributed by atoms with E-state index < -0.39 is 0 Å². The molecule has 3 heteroatoms. The smallest absolute Gasteiger partial charge is 0.220 e. The van der Waals surface area contributed by atoms with Crippen LogP contribution in [0.15, 0.2) is 30.3 Å². The number of benzene rings is 1. The lowest BCUT2D eigenvalue weighted by Gasteiger charge is -2.39. The lowest BCUT2D eigenvalue weighted by atomic mass is 9.79. The Hall–Kier alpha value is -1.35. The Balaban J connectivity index is 1.66. The highest BCUT2D eigenvalue weighted by atomic mass is 16.1. The van der Waals surface area contributed by atoms with Crippen molar-refractivity contribution in [2.75, 3.05) is 19.6 Å². The van der Waals surface area contributed by atoms with Gasteiger partial charge in [0.05, 0.1) is 0 Å². The molecule has 0 aromatic heterocycles. The van der Waals surface area contributed by atoms with E-state index in [0.29, 0.717) is 0 Å². The average Bonchev–Trinajstić information content (AvgIpc) is 2.72. The van der Waals surface area contributed by atoms with E-state index in [4.69, 9.17) is 0 Å². The van der Waals surface area contributed by atoms with Crippen LogP contribution in [0.4, 0.5) is 0 Å². The van der Waals surface area contributed by atoms with Gasteiger partial charge < -0.3 is 5.32 Å². The Morgan fingerprint density at radius 3 is 2.83 bits per heavy atom. The monoisotopic (exact) mass is 244 g/mol. The van der Waals surface area contributed by atoms with E-state index in [9.17, 15) is 4.79 Å². The Bertz CT molecular complexity index is 431. The van der Waals surface area contributed by atoms with Gasteiger partial charge in [-0.3, -0.25) is 9.69 Å². The van der Waals surface area contributed by atoms with Crippen LogP contribution in [0, 0.1) is 5.41 Å². The minimum absolute atomic E-state index is 0.212. The van der Waals surface area contributed by atoms with Gasteiger partial charge in [0.2, 0.25) is 5.91 Å². The number of hydrogen-bond donors (Lipinski definition) is 1. The first-order valence-electron chi connectivity index (χ1n) is 6.79. The fourth-order valence-electron chi connectivity index (χ4n) is 3.33. The molecule has 1 spiro atoms. The van der Waals surface area contributed by atoms with Gasteiger partial charge >= 0.3 is 0 Å². The van der Waals surface area contributed by atoms with Crippen molar-refractivity contribution in [3.05, 3.63) is 35.9 Å². The van der Waals surface area contributed by atoms with Crippen LogP contribution < -0.4 is 5.32 Å². The Labute approximate surface area is 108 Å². The molecule has 1 aromatic carbocycles. The molecule has 0 saturated carbocycles. The zero-order valence-electron chi connectivity index (χ0n) is 10.7. The first-order chi connectivity index (χ1) is 8.76. The van der Waals surface area contributed by atoms with Crippen LogP contribution in [0.2, 0.25) is 0 Å². The molecule has 2 heterocycles. The number of hydrogen-bond acceptors (Lipinski definition) is 2. The van der Waals surface area contributed by atoms with Gasteiger partial charge in [0.15, 0.2) is 0 Å². The standard InChI is InChI=1S/C15H20N2O/c18-14-9-15(11-16-14)7-4-8-17(12-15)10-13-5-2-1-3-6-13/h1-3,5-6H,4,7-12H2,(H,16,18). The van der Waals surface area contributed by atoms with Crippen LogP contribution in [-0.2, 0) is 11.3 Å². The number of likely N-dealkylation sites (tertiary alicyclic amines) is 1. The maximum absolute atomic E-state index is 11.5. The van der Waals surface area contributed by atoms with Gasteiger partial charge in [-0.25, -0.2) is 0 Å². The summed E-state index contributed by atoms with van der Waals surface area (Å²) in [6.45, 7) is 4.10. The summed E-state index contributed by atoms with van der Waals surface area (Å²) in [7, 11) is 0. The van der Waals surface area contributed by atoms with Crippen LogP contribution in [0.3, 0.4) is 0 Å². The highest BCUT2D eigenvalue weighted by Gasteiger charge is 2.41. The van der Waals surface area contributed by atoms with Crippen molar-refractivity contribution in [2.24, 2.45) is 5.41 Å². The topological polar surface area (TPSA) is 32.3 Å². The van der Waals surface area contributed by atoms with E-state index in [-0.39, 0.29) is 11.3 Å². The molecule has 3 rings (SSSR count). The van der Waals surface area contributed by atoms with Crippen LogP contribution in [-0.4, -0.2) is 30.4 Å². The molecule has 1 unspecified atom stereocenters. The molecule has 2 fully saturated rings. The molecule has 0 radical (unpaired) electrons. The molecule has 96 valence electrons. The predicted octanol–water partition coefficient (Wildman–Crippen LogP) is 1.79. The maximum atomic E-state index is 11.5. The van der Waals surface area contributed by atoms with Crippen molar-refractivity contribution < 1.29 is 4.79 Å². The Kier molecular flexibility index (Phi) is 3.08. The van der Waals surface area contributed by atoms with Gasteiger partial charge in [-0.05, 0) is 24.9 Å². The molecule has 1 atom stereocenters. The summed E-state index contributed by atoms with van der Waals surface area (Å²) in [4.78, 5) is 14.0. The van der Waals surface area contributed by atoms with E-state index in [0.717, 1.165) is 32.6 Å². The van der Waals surface area contributed by atoms with Gasteiger partial charge in [0.1, 0.15) is 0 Å². The van der Waals surface area contributed by atoms with E-state index in [1.807, 2.05) is 0 Å². The fraction of sp³-hybridized carbons (Fsp3) is 0.533. The minimum atomic E-state index is 0.212. The third-order valence-electron chi connectivity index (χ3n) is 4.19. The second kappa shape index (κ2) is 4.73. The molecule has 0 bridgehead atoms. The van der Waals surface area contributed by atoms with E-state index in [2.05, 4.69) is 40.5 Å². The second-order valence-corrected chi connectivity index (χ2v) is 5.75. The molecule has 1 N–H and O–H groups in total. The molecule has 18 heavy (non-hydrogen) atoms. The van der Waals surface area contributed by atoms with Gasteiger partial charge in [0, 0.05) is 31.5 Å². The lowest BCUT2D eigenvalue weighted by molar-refractivity contribution is -0.119. The molecule has 0 aliphatic carbocycles. The van der Waals surface area contributed by atoms with Crippen molar-refractivity contribution in [1.82, 2.24) is 10.2 Å². The van der Waals surface area contributed by atoms with Gasteiger partial charge in [-0.2, -0.15) is 0 Å². The quantitative estimate of drug-likeness (QED) is 0.860. The summed E-state index contributed by atoms with van der Waals surface area (Å²) in [5, 5.41) is 3.00. The molecule has 2 saturated heterocycles. The van der Waals surface area contributed by atoms with Crippen LogP contribution in [0.25, 0.3) is 0 Å². The van der Waals surface area contributed by atoms with Gasteiger partial charge in [0.25, 0.3) is 0 Å². The predicted molar refractivity (Wildman–Crippen MR) is 71.0 cm³/mol. The molecule has 3 nitrogen and oxygen atoms in total. The highest BCUT2D eigenvalue weighted by Crippen LogP contribution is 2.36. The number of nitrogens with one attached hydrogen (secondary N) is 1. The number of amides is 1. The zero-order valence-corrected chi connectivity index (χ0v) is 10.7. The van der Waals surface area contributed by atoms with Crippen LogP contribution >= 0.6 is 0 Å². The Morgan fingerprint density at radius 2 is 2.11 bits per heavy atom. The van der Waals surface area contributed by atoms with Crippen molar-refractivity contribution in [2.45, 2.75) is 25.8 Å². The molecule has 1 aromatic rings. The number of piperidine rings is 1. The van der Waals surface area contributed by atoms with Gasteiger partial charge in [-0.1, -0.05) is 30.3 Å². The number of carbonyl (C=O) groups is 1. The fourth-order valence-corrected chi connectivity index (χ4v) is 3.33. The van der Waals surface area contributed by atoms with Crippen molar-refractivity contribution >= 4 is 5.91 Å². The summed E-state index contributed by atoms with van der Waals surface area (Å²) in [5.74, 6) is 0.233. The highest BCUT2D eigenvalue weighted by molar-refractivity contribution is 5.79. The number of nitrogens with zero attached hydrogens (tertiary/aromatic N) is 1. The average molecular weight is 244 g/mol. The van der Waals surface area contributed by atoms with E-state index in [1.165, 1.54) is 18.4 Å². The summed E-state index contributed by atoms with van der Waals surface area (Å²) < 4.78 is 0. The maximum Gasteiger partial charge on any atom is 0.220 e. The number of rotatable bonds is 2. The first-order valence-corrected chi connectivity index (χ1v) is 6.79. The zero-order chi connectivity index (χ0) is 12.4. The molecule has 2 aliphatic heterocycles. The number of carbonyl (C=O) groups excluding carboxylic acids is 1. The van der Waals surface area contributed by atoms with Crippen LogP contribution in [0.1, 0.15) is 24.8 Å². The summed E-state index contributed by atoms with van der Waals surface area (Å²) in [6.07, 6.45) is 3.12. The van der Waals surface area contributed by atoms with Gasteiger partial charge in [-0.15, -0.1) is 0 Å². The SMILES string of the molecule is O=C1CC2(CCCN(Cc3ccccc3)C2)CN1. The molecular weight excluding hydrogens is 224 g/mol. The normalized spacial score (nSPS) is 28.6. The van der Waals surface area contributed by atoms with Crippen molar-refractivity contribution in [3.63, 3.8) is 0 Å². The summed E-state index contributed by atoms with van der Waals surface area (Å²) in [6, 6.07) is 10.6. The molecular formula is C15H20N2O. The second-order valence-electron chi connectivity index (χ2n) is 5.75. The largest absolute Gasteiger partial charge is 0.355 e. The molecule has 2 aliphatic rings. The third-order valence-corrected chi connectivity index (χ3v) is 4.19. The first kappa shape index (κ1) is 11.7. The van der Waals surface area contributed by atoms with Crippen LogP contribution in [0.5, 0.6) is 0 Å². The van der Waals surface area contributed by atoms with Crippen molar-refractivity contribution in [3.8, 4) is 0 Å². The van der Waals surface area contributed by atoms with Crippen molar-refractivity contribution in [1.29, 1.82) is 0 Å².